The fourth-order valence-corrected chi connectivity index (χ4v) is 1.89. The number of aromatic amines is 1. The quantitative estimate of drug-likeness (QED) is 0.582. The van der Waals surface area contributed by atoms with Gasteiger partial charge in [-0.25, -0.2) is 0 Å². The van der Waals surface area contributed by atoms with Crippen LogP contribution in [-0.4, -0.2) is 10.1 Å². The molecule has 17 heavy (non-hydrogen) atoms. The fourth-order valence-electron chi connectivity index (χ4n) is 1.89. The molecule has 0 bridgehead atoms. The molecule has 3 aromatic rings. The number of hydrogen-bond acceptors (Lipinski definition) is 2. The normalized spacial score (nSPS) is 10.6. The van der Waals surface area contributed by atoms with Gasteiger partial charge in [0, 0.05) is 28.5 Å². The van der Waals surface area contributed by atoms with Crippen LogP contribution in [0.25, 0.3) is 10.9 Å². The van der Waals surface area contributed by atoms with Gasteiger partial charge in [-0.2, -0.15) is 0 Å². The number of anilines is 2. The minimum Gasteiger partial charge on any atom is -0.508 e. The van der Waals surface area contributed by atoms with Gasteiger partial charge in [0.1, 0.15) is 5.75 Å². The van der Waals surface area contributed by atoms with Gasteiger partial charge in [-0.05, 0) is 42.5 Å². The number of hydrogen-bond donors (Lipinski definition) is 3. The van der Waals surface area contributed by atoms with Crippen LogP contribution in [0.5, 0.6) is 5.75 Å². The highest BCUT2D eigenvalue weighted by atomic mass is 16.3. The van der Waals surface area contributed by atoms with Crippen LogP contribution in [0.4, 0.5) is 11.4 Å². The van der Waals surface area contributed by atoms with Gasteiger partial charge in [0.15, 0.2) is 0 Å². The maximum atomic E-state index is 9.23. The van der Waals surface area contributed by atoms with Crippen LogP contribution in [0.1, 0.15) is 0 Å². The number of H-pyrrole nitrogens is 1. The molecule has 0 saturated carbocycles. The maximum absolute atomic E-state index is 9.23. The maximum Gasteiger partial charge on any atom is 0.115 e. The number of phenols is 1. The van der Waals surface area contributed by atoms with E-state index >= 15 is 0 Å². The van der Waals surface area contributed by atoms with E-state index in [1.165, 1.54) is 0 Å². The number of aromatic nitrogens is 1. The van der Waals surface area contributed by atoms with Gasteiger partial charge in [0.05, 0.1) is 0 Å². The van der Waals surface area contributed by atoms with Crippen LogP contribution in [0, 0.1) is 0 Å². The second kappa shape index (κ2) is 3.87. The molecule has 0 aliphatic heterocycles. The van der Waals surface area contributed by atoms with E-state index in [0.29, 0.717) is 0 Å². The monoisotopic (exact) mass is 224 g/mol. The van der Waals surface area contributed by atoms with Crippen molar-refractivity contribution in [3.63, 3.8) is 0 Å². The summed E-state index contributed by atoms with van der Waals surface area (Å²) in [6.07, 6.45) is 1.92. The molecule has 3 heteroatoms. The molecule has 1 heterocycles. The van der Waals surface area contributed by atoms with Crippen molar-refractivity contribution >= 4 is 22.3 Å². The third kappa shape index (κ3) is 1.83. The first kappa shape index (κ1) is 9.78. The predicted molar refractivity (Wildman–Crippen MR) is 69.7 cm³/mol. The first-order valence-electron chi connectivity index (χ1n) is 5.45. The summed E-state index contributed by atoms with van der Waals surface area (Å²) in [5, 5.41) is 13.7. The van der Waals surface area contributed by atoms with Gasteiger partial charge < -0.3 is 15.4 Å². The summed E-state index contributed by atoms with van der Waals surface area (Å²) in [4.78, 5) is 3.17. The smallest absolute Gasteiger partial charge is 0.115 e. The number of benzene rings is 2. The Labute approximate surface area is 98.7 Å². The lowest BCUT2D eigenvalue weighted by atomic mass is 10.2. The van der Waals surface area contributed by atoms with Crippen LogP contribution in [-0.2, 0) is 0 Å². The molecular formula is C14H12N2O. The largest absolute Gasteiger partial charge is 0.508 e. The van der Waals surface area contributed by atoms with Crippen LogP contribution < -0.4 is 5.32 Å². The van der Waals surface area contributed by atoms with Gasteiger partial charge in [-0.15, -0.1) is 0 Å². The summed E-state index contributed by atoms with van der Waals surface area (Å²) >= 11 is 0. The van der Waals surface area contributed by atoms with Crippen molar-refractivity contribution in [2.45, 2.75) is 0 Å². The Balaban J connectivity index is 1.99. The molecule has 0 radical (unpaired) electrons. The Hall–Kier alpha value is -2.42. The molecular weight excluding hydrogens is 212 g/mol. The fraction of sp³-hybridized carbons (Fsp3) is 0. The third-order valence-electron chi connectivity index (χ3n) is 2.74. The molecule has 3 N–H and O–H groups in total. The first-order chi connectivity index (χ1) is 8.33. The zero-order chi connectivity index (χ0) is 11.7. The molecule has 84 valence electrons. The molecule has 0 fully saturated rings. The highest BCUT2D eigenvalue weighted by Gasteiger charge is 2.01. The van der Waals surface area contributed by atoms with Crippen molar-refractivity contribution in [1.82, 2.24) is 4.98 Å². The molecule has 3 nitrogen and oxygen atoms in total. The average molecular weight is 224 g/mol. The molecule has 0 amide bonds. The minimum absolute atomic E-state index is 0.274. The van der Waals surface area contributed by atoms with Crippen molar-refractivity contribution in [2.75, 3.05) is 5.32 Å². The van der Waals surface area contributed by atoms with Crippen molar-refractivity contribution in [1.29, 1.82) is 0 Å². The van der Waals surface area contributed by atoms with Crippen molar-refractivity contribution < 1.29 is 5.11 Å². The van der Waals surface area contributed by atoms with E-state index in [1.54, 1.807) is 12.1 Å². The zero-order valence-corrected chi connectivity index (χ0v) is 9.14. The lowest BCUT2D eigenvalue weighted by molar-refractivity contribution is 0.475. The highest BCUT2D eigenvalue weighted by Crippen LogP contribution is 2.26. The van der Waals surface area contributed by atoms with E-state index in [9.17, 15) is 5.11 Å². The second-order valence-electron chi connectivity index (χ2n) is 3.92. The second-order valence-corrected chi connectivity index (χ2v) is 3.92. The average Bonchev–Trinajstić information content (AvgIpc) is 2.81. The molecule has 0 atom stereocenters. The molecule has 0 aliphatic rings. The van der Waals surface area contributed by atoms with Gasteiger partial charge in [-0.3, -0.25) is 0 Å². The highest BCUT2D eigenvalue weighted by molar-refractivity contribution is 5.93. The molecule has 1 aromatic heterocycles. The number of nitrogens with one attached hydrogen (secondary N) is 2. The molecule has 0 unspecified atom stereocenters. The Morgan fingerprint density at radius 2 is 1.76 bits per heavy atom. The van der Waals surface area contributed by atoms with E-state index in [0.717, 1.165) is 22.3 Å². The summed E-state index contributed by atoms with van der Waals surface area (Å²) in [5.41, 5.74) is 3.11. The summed E-state index contributed by atoms with van der Waals surface area (Å²) in [7, 11) is 0. The predicted octanol–water partition coefficient (Wildman–Crippen LogP) is 3.62. The minimum atomic E-state index is 0.274. The topological polar surface area (TPSA) is 48.0 Å². The Kier molecular flexibility index (Phi) is 2.22. The Morgan fingerprint density at radius 3 is 2.59 bits per heavy atom. The SMILES string of the molecule is Oc1ccc(Nc2cccc3[nH]ccc23)cc1. The first-order valence-corrected chi connectivity index (χ1v) is 5.45. The van der Waals surface area contributed by atoms with E-state index in [2.05, 4.69) is 10.3 Å². The Morgan fingerprint density at radius 1 is 0.941 bits per heavy atom. The van der Waals surface area contributed by atoms with Crippen molar-refractivity contribution in [2.24, 2.45) is 0 Å². The van der Waals surface area contributed by atoms with E-state index in [-0.39, 0.29) is 5.75 Å². The van der Waals surface area contributed by atoms with E-state index < -0.39 is 0 Å². The molecule has 3 rings (SSSR count). The number of aromatic hydroxyl groups is 1. The summed E-state index contributed by atoms with van der Waals surface area (Å²) in [5.74, 6) is 0.274. The van der Waals surface area contributed by atoms with Crippen LogP contribution in [0.3, 0.4) is 0 Å². The van der Waals surface area contributed by atoms with Crippen molar-refractivity contribution in [3.05, 3.63) is 54.7 Å². The van der Waals surface area contributed by atoms with Gasteiger partial charge in [0.25, 0.3) is 0 Å². The molecule has 2 aromatic carbocycles. The van der Waals surface area contributed by atoms with Gasteiger partial charge in [0.2, 0.25) is 0 Å². The zero-order valence-electron chi connectivity index (χ0n) is 9.14. The van der Waals surface area contributed by atoms with Gasteiger partial charge >= 0.3 is 0 Å². The standard InChI is InChI=1S/C14H12N2O/c17-11-6-4-10(5-7-11)16-14-3-1-2-13-12(14)8-9-15-13/h1-9,15-17H. The number of phenolic OH excluding ortho intramolecular Hbond substituents is 1. The summed E-state index contributed by atoms with van der Waals surface area (Å²) < 4.78 is 0. The molecule has 0 saturated heterocycles. The third-order valence-corrected chi connectivity index (χ3v) is 2.74. The lowest BCUT2D eigenvalue weighted by Crippen LogP contribution is -1.89. The van der Waals surface area contributed by atoms with Crippen LogP contribution in [0.15, 0.2) is 54.7 Å². The summed E-state index contributed by atoms with van der Waals surface area (Å²) in [6.45, 7) is 0. The lowest BCUT2D eigenvalue weighted by Gasteiger charge is -2.07. The number of rotatable bonds is 2. The van der Waals surface area contributed by atoms with Crippen molar-refractivity contribution in [3.8, 4) is 5.75 Å². The van der Waals surface area contributed by atoms with Gasteiger partial charge in [-0.1, -0.05) is 6.07 Å². The van der Waals surface area contributed by atoms with E-state index in [1.807, 2.05) is 42.6 Å². The van der Waals surface area contributed by atoms with Crippen LogP contribution in [0.2, 0.25) is 0 Å². The molecule has 0 aliphatic carbocycles. The molecule has 0 spiro atoms. The summed E-state index contributed by atoms with van der Waals surface area (Å²) in [6, 6.07) is 15.1. The van der Waals surface area contributed by atoms with E-state index in [4.69, 9.17) is 0 Å². The Bertz CT molecular complexity index is 641. The number of fused-ring (bicyclic) bond motifs is 1. The van der Waals surface area contributed by atoms with Crippen LogP contribution >= 0.6 is 0 Å².